The number of methoxy groups -OCH3 is 1. The zero-order chi connectivity index (χ0) is 20.1. The van der Waals surface area contributed by atoms with Gasteiger partial charge >= 0.3 is 5.97 Å². The Morgan fingerprint density at radius 3 is 2.86 bits per heavy atom. The number of nitrogens with zero attached hydrogens (tertiary/aromatic N) is 2. The molecule has 2 bridgehead atoms. The van der Waals surface area contributed by atoms with Crippen molar-refractivity contribution in [3.8, 4) is 11.5 Å². The number of aromatic hydroxyl groups is 1. The molecule has 3 aliphatic heterocycles. The minimum absolute atomic E-state index is 0.00997. The van der Waals surface area contributed by atoms with Crippen molar-refractivity contribution in [2.75, 3.05) is 13.7 Å². The highest BCUT2D eigenvalue weighted by molar-refractivity contribution is 6.12. The number of carboxylic acid groups (broad SMARTS) is 1. The molecule has 8 nitrogen and oxygen atoms in total. The number of furan rings is 1. The number of aliphatic carboxylic acids is 1. The maximum atomic E-state index is 12.9. The highest BCUT2D eigenvalue weighted by Crippen LogP contribution is 2.49. The summed E-state index contributed by atoms with van der Waals surface area (Å²) in [5.41, 5.74) is 0.347. The molecule has 146 valence electrons. The number of ether oxygens (including phenoxy) is 1. The summed E-state index contributed by atoms with van der Waals surface area (Å²) in [4.78, 5) is 30.3. The normalized spacial score (nSPS) is 26.3. The molecular weight excluding hydrogens is 364 g/mol. The topological polar surface area (TPSA) is 113 Å². The van der Waals surface area contributed by atoms with Crippen molar-refractivity contribution in [2.45, 2.75) is 30.8 Å². The van der Waals surface area contributed by atoms with Gasteiger partial charge in [-0.2, -0.15) is 0 Å². The number of carboxylic acids is 1. The van der Waals surface area contributed by atoms with Crippen LogP contribution in [-0.2, 0) is 9.59 Å². The van der Waals surface area contributed by atoms with Gasteiger partial charge in [0.15, 0.2) is 11.5 Å². The Balaban J connectivity index is 1.88. The van der Waals surface area contributed by atoms with Gasteiger partial charge in [-0.25, -0.2) is 0 Å². The Morgan fingerprint density at radius 1 is 1.43 bits per heavy atom. The van der Waals surface area contributed by atoms with Gasteiger partial charge in [0.25, 0.3) is 0 Å². The fraction of sp³-hybridized carbons (Fsp3) is 0.350. The highest BCUT2D eigenvalue weighted by atomic mass is 16.5. The van der Waals surface area contributed by atoms with Gasteiger partial charge in [0.2, 0.25) is 5.91 Å². The number of carbonyl (C=O) groups is 2. The number of fused-ring (bicyclic) bond motifs is 2. The number of phenolic OH excluding ortho intramolecular Hbond substituents is 1. The predicted molar refractivity (Wildman–Crippen MR) is 98.8 cm³/mol. The third kappa shape index (κ3) is 2.56. The van der Waals surface area contributed by atoms with Crippen LogP contribution in [0.1, 0.15) is 30.6 Å². The van der Waals surface area contributed by atoms with E-state index in [1.165, 1.54) is 24.3 Å². The van der Waals surface area contributed by atoms with Crippen molar-refractivity contribution in [3.05, 3.63) is 47.9 Å². The van der Waals surface area contributed by atoms with Crippen LogP contribution in [0.3, 0.4) is 0 Å². The molecular formula is C20H20N2O6. The van der Waals surface area contributed by atoms with Crippen molar-refractivity contribution in [1.82, 2.24) is 4.90 Å². The Bertz CT molecular complexity index is 967. The smallest absolute Gasteiger partial charge is 0.323 e. The van der Waals surface area contributed by atoms with Gasteiger partial charge in [0, 0.05) is 5.92 Å². The lowest BCUT2D eigenvalue weighted by atomic mass is 9.66. The van der Waals surface area contributed by atoms with Crippen LogP contribution in [0.4, 0.5) is 0 Å². The van der Waals surface area contributed by atoms with Gasteiger partial charge in [-0.15, -0.1) is 0 Å². The number of hydrogen-bond donors (Lipinski definition) is 2. The van der Waals surface area contributed by atoms with E-state index in [2.05, 4.69) is 4.99 Å². The van der Waals surface area contributed by atoms with Crippen molar-refractivity contribution >= 4 is 17.6 Å². The summed E-state index contributed by atoms with van der Waals surface area (Å²) in [6.07, 6.45) is 1.95. The molecule has 2 N–H and O–H groups in total. The first kappa shape index (κ1) is 18.1. The molecule has 1 saturated heterocycles. The molecule has 0 aliphatic carbocycles. The Morgan fingerprint density at radius 2 is 2.21 bits per heavy atom. The third-order valence-electron chi connectivity index (χ3n) is 5.67. The lowest BCUT2D eigenvalue weighted by molar-refractivity contribution is -0.152. The second kappa shape index (κ2) is 6.40. The van der Waals surface area contributed by atoms with Crippen LogP contribution in [0.5, 0.6) is 11.5 Å². The van der Waals surface area contributed by atoms with E-state index in [-0.39, 0.29) is 17.6 Å². The molecule has 5 rings (SSSR count). The van der Waals surface area contributed by atoms with E-state index in [0.29, 0.717) is 23.6 Å². The fourth-order valence-electron chi connectivity index (χ4n) is 4.31. The van der Waals surface area contributed by atoms with Gasteiger partial charge in [0.1, 0.15) is 24.1 Å². The van der Waals surface area contributed by atoms with Crippen molar-refractivity contribution in [3.63, 3.8) is 0 Å². The van der Waals surface area contributed by atoms with E-state index in [9.17, 15) is 19.8 Å². The van der Waals surface area contributed by atoms with Gasteiger partial charge in [-0.1, -0.05) is 6.07 Å². The Kier molecular flexibility index (Phi) is 4.14. The van der Waals surface area contributed by atoms with Crippen molar-refractivity contribution in [2.24, 2.45) is 4.99 Å². The Hall–Kier alpha value is -3.29. The number of aliphatic imine (C=N–C) groups is 1. The first-order valence-corrected chi connectivity index (χ1v) is 8.88. The molecule has 4 heterocycles. The molecule has 3 unspecified atom stereocenters. The second-order valence-electron chi connectivity index (χ2n) is 7.16. The standard InChI is InChI=1S/C20H20N2O6/c1-20-12(11-5-6-14(23)16(8-11)27-2)9-13(19(26)22(20)10-17(24)25)21-18(20)15-4-3-7-28-15/h3-8,12-13,23H,9-10H2,1-2H3,(H,24,25). The van der Waals surface area contributed by atoms with E-state index in [4.69, 9.17) is 9.15 Å². The quantitative estimate of drug-likeness (QED) is 0.816. The first-order valence-electron chi connectivity index (χ1n) is 8.88. The molecule has 1 aromatic carbocycles. The maximum Gasteiger partial charge on any atom is 0.323 e. The van der Waals surface area contributed by atoms with Crippen LogP contribution in [0.15, 0.2) is 46.0 Å². The van der Waals surface area contributed by atoms with Crippen LogP contribution in [0.2, 0.25) is 0 Å². The fourth-order valence-corrected chi connectivity index (χ4v) is 4.31. The molecule has 28 heavy (non-hydrogen) atoms. The zero-order valence-corrected chi connectivity index (χ0v) is 15.5. The number of phenols is 1. The van der Waals surface area contributed by atoms with Crippen LogP contribution in [0, 0.1) is 0 Å². The number of benzene rings is 1. The van der Waals surface area contributed by atoms with Crippen LogP contribution in [0.25, 0.3) is 0 Å². The molecule has 0 radical (unpaired) electrons. The molecule has 8 heteroatoms. The minimum Gasteiger partial charge on any atom is -0.504 e. The Labute approximate surface area is 161 Å². The summed E-state index contributed by atoms with van der Waals surface area (Å²) in [5, 5.41) is 19.3. The van der Waals surface area contributed by atoms with Crippen LogP contribution in [-0.4, -0.2) is 57.9 Å². The molecule has 0 saturated carbocycles. The molecule has 3 aliphatic rings. The number of carbonyl (C=O) groups excluding carboxylic acids is 1. The van der Waals surface area contributed by atoms with E-state index >= 15 is 0 Å². The number of rotatable bonds is 5. The molecule has 1 aromatic heterocycles. The number of hydrogen-bond acceptors (Lipinski definition) is 6. The maximum absolute atomic E-state index is 12.9. The minimum atomic E-state index is -1.09. The molecule has 3 atom stereocenters. The lowest BCUT2D eigenvalue weighted by Gasteiger charge is -2.54. The second-order valence-corrected chi connectivity index (χ2v) is 7.16. The van der Waals surface area contributed by atoms with Gasteiger partial charge in [0.05, 0.1) is 18.9 Å². The van der Waals surface area contributed by atoms with Crippen LogP contribution < -0.4 is 4.74 Å². The van der Waals surface area contributed by atoms with Gasteiger partial charge in [-0.05, 0) is 43.2 Å². The first-order chi connectivity index (χ1) is 13.4. The summed E-state index contributed by atoms with van der Waals surface area (Å²) in [5.74, 6) is -0.816. The molecule has 1 amide bonds. The highest BCUT2D eigenvalue weighted by Gasteiger charge is 2.58. The number of piperidine rings is 1. The zero-order valence-electron chi connectivity index (χ0n) is 15.5. The summed E-state index contributed by atoms with van der Waals surface area (Å²) in [7, 11) is 1.46. The molecule has 2 aromatic rings. The number of amides is 1. The lowest BCUT2D eigenvalue weighted by Crippen LogP contribution is -2.69. The van der Waals surface area contributed by atoms with Crippen molar-refractivity contribution in [1.29, 1.82) is 0 Å². The third-order valence-corrected chi connectivity index (χ3v) is 5.67. The van der Waals surface area contributed by atoms with Gasteiger partial charge < -0.3 is 24.3 Å². The predicted octanol–water partition coefficient (Wildman–Crippen LogP) is 2.02. The summed E-state index contributed by atoms with van der Waals surface area (Å²) < 4.78 is 10.8. The van der Waals surface area contributed by atoms with Crippen molar-refractivity contribution < 1.29 is 29.0 Å². The van der Waals surface area contributed by atoms with Gasteiger partial charge in [-0.3, -0.25) is 14.6 Å². The summed E-state index contributed by atoms with van der Waals surface area (Å²) >= 11 is 0. The van der Waals surface area contributed by atoms with E-state index in [0.717, 1.165) is 5.56 Å². The van der Waals surface area contributed by atoms with E-state index < -0.39 is 24.1 Å². The monoisotopic (exact) mass is 384 g/mol. The average molecular weight is 384 g/mol. The van der Waals surface area contributed by atoms with E-state index in [1.807, 2.05) is 6.92 Å². The largest absolute Gasteiger partial charge is 0.504 e. The van der Waals surface area contributed by atoms with Crippen LogP contribution >= 0.6 is 0 Å². The molecule has 1 fully saturated rings. The SMILES string of the molecule is COc1cc(C2CC3N=C(c4ccco4)C2(C)N(CC(=O)O)C3=O)ccc1O. The van der Waals surface area contributed by atoms with E-state index in [1.54, 1.807) is 24.3 Å². The molecule has 0 spiro atoms. The average Bonchev–Trinajstić information content (AvgIpc) is 3.19. The summed E-state index contributed by atoms with van der Waals surface area (Å²) in [6.45, 7) is 1.38. The summed E-state index contributed by atoms with van der Waals surface area (Å²) in [6, 6.07) is 7.80.